The van der Waals surface area contributed by atoms with E-state index >= 15 is 0 Å². The Kier molecular flexibility index (Phi) is 6.52. The lowest BCUT2D eigenvalue weighted by Gasteiger charge is -2.12. The fourth-order valence-electron chi connectivity index (χ4n) is 7.96. The van der Waals surface area contributed by atoms with Crippen LogP contribution in [0, 0.1) is 0 Å². The van der Waals surface area contributed by atoms with Gasteiger partial charge in [0.25, 0.3) is 0 Å². The van der Waals surface area contributed by atoms with E-state index in [4.69, 9.17) is 19.4 Å². The Labute approximate surface area is 304 Å². The molecular formula is C49H29N3O. The molecule has 0 unspecified atom stereocenters. The summed E-state index contributed by atoms with van der Waals surface area (Å²) < 4.78 is 6.24. The molecule has 0 radical (unpaired) electrons. The van der Waals surface area contributed by atoms with Gasteiger partial charge in [-0.15, -0.1) is 0 Å². The largest absolute Gasteiger partial charge is 0.456 e. The van der Waals surface area contributed by atoms with Gasteiger partial charge in [0.05, 0.1) is 0 Å². The third-order valence-electron chi connectivity index (χ3n) is 10.5. The van der Waals surface area contributed by atoms with Gasteiger partial charge in [-0.05, 0) is 78.5 Å². The van der Waals surface area contributed by atoms with Crippen LogP contribution in [0.4, 0.5) is 0 Å². The molecule has 246 valence electrons. The maximum atomic E-state index is 6.24. The molecule has 0 fully saturated rings. The summed E-state index contributed by atoms with van der Waals surface area (Å²) in [7, 11) is 0. The first kappa shape index (κ1) is 29.5. The van der Waals surface area contributed by atoms with E-state index in [1.165, 1.54) is 43.1 Å². The minimum absolute atomic E-state index is 0.605. The minimum Gasteiger partial charge on any atom is -0.456 e. The van der Waals surface area contributed by atoms with Gasteiger partial charge in [-0.2, -0.15) is 0 Å². The SMILES string of the molecule is c1ccc(-c2nc(-c3cccc(-c4ccc5ccc6ccc7c8ccccc8ccc7c6c5c4)c3)nc(-c3cccc4oc5ccccc5c34)n2)cc1. The minimum atomic E-state index is 0.605. The van der Waals surface area contributed by atoms with Gasteiger partial charge in [0.1, 0.15) is 11.2 Å². The van der Waals surface area contributed by atoms with E-state index in [1.54, 1.807) is 0 Å². The molecule has 0 saturated carbocycles. The van der Waals surface area contributed by atoms with Crippen molar-refractivity contribution in [3.63, 3.8) is 0 Å². The molecule has 0 saturated heterocycles. The number of fused-ring (bicyclic) bond motifs is 10. The van der Waals surface area contributed by atoms with Crippen LogP contribution < -0.4 is 0 Å². The van der Waals surface area contributed by atoms with Crippen LogP contribution in [0.2, 0.25) is 0 Å². The van der Waals surface area contributed by atoms with Crippen molar-refractivity contribution >= 4 is 65.0 Å². The van der Waals surface area contributed by atoms with E-state index in [2.05, 4.69) is 115 Å². The average Bonchev–Trinajstić information content (AvgIpc) is 3.62. The summed E-state index contributed by atoms with van der Waals surface area (Å²) in [5.74, 6) is 1.84. The van der Waals surface area contributed by atoms with Gasteiger partial charge >= 0.3 is 0 Å². The highest BCUT2D eigenvalue weighted by Crippen LogP contribution is 2.39. The van der Waals surface area contributed by atoms with Crippen LogP contribution in [0.5, 0.6) is 0 Å². The summed E-state index contributed by atoms with van der Waals surface area (Å²) in [6.45, 7) is 0. The molecule has 11 aromatic rings. The highest BCUT2D eigenvalue weighted by Gasteiger charge is 2.18. The molecule has 9 aromatic carbocycles. The van der Waals surface area contributed by atoms with E-state index in [9.17, 15) is 0 Å². The van der Waals surface area contributed by atoms with Crippen molar-refractivity contribution in [3.05, 3.63) is 176 Å². The number of hydrogen-bond acceptors (Lipinski definition) is 4. The highest BCUT2D eigenvalue weighted by molar-refractivity contribution is 6.25. The monoisotopic (exact) mass is 675 g/mol. The van der Waals surface area contributed by atoms with E-state index in [0.29, 0.717) is 17.5 Å². The van der Waals surface area contributed by atoms with Crippen molar-refractivity contribution in [2.45, 2.75) is 0 Å². The Morgan fingerprint density at radius 1 is 0.302 bits per heavy atom. The number of furan rings is 1. The van der Waals surface area contributed by atoms with Crippen molar-refractivity contribution in [3.8, 4) is 45.3 Å². The van der Waals surface area contributed by atoms with Crippen molar-refractivity contribution in [1.29, 1.82) is 0 Å². The van der Waals surface area contributed by atoms with Crippen molar-refractivity contribution in [2.24, 2.45) is 0 Å². The van der Waals surface area contributed by atoms with E-state index < -0.39 is 0 Å². The van der Waals surface area contributed by atoms with Crippen LogP contribution in [0.25, 0.3) is 110 Å². The first-order chi connectivity index (χ1) is 26.2. The molecule has 4 nitrogen and oxygen atoms in total. The van der Waals surface area contributed by atoms with Crippen LogP contribution in [-0.4, -0.2) is 15.0 Å². The molecule has 0 atom stereocenters. The summed E-state index contributed by atoms with van der Waals surface area (Å²) in [6, 6.07) is 61.8. The predicted octanol–water partition coefficient (Wildman–Crippen LogP) is 13.1. The van der Waals surface area contributed by atoms with Crippen LogP contribution in [0.3, 0.4) is 0 Å². The number of benzene rings is 9. The lowest BCUT2D eigenvalue weighted by Crippen LogP contribution is -2.00. The first-order valence-electron chi connectivity index (χ1n) is 17.9. The predicted molar refractivity (Wildman–Crippen MR) is 219 cm³/mol. The summed E-state index contributed by atoms with van der Waals surface area (Å²) in [4.78, 5) is 15.3. The van der Waals surface area contributed by atoms with E-state index in [1.807, 2.05) is 60.7 Å². The fraction of sp³-hybridized carbons (Fsp3) is 0. The van der Waals surface area contributed by atoms with Crippen LogP contribution in [0.1, 0.15) is 0 Å². The van der Waals surface area contributed by atoms with Crippen LogP contribution >= 0.6 is 0 Å². The molecule has 0 aliphatic rings. The van der Waals surface area contributed by atoms with Crippen LogP contribution in [-0.2, 0) is 0 Å². The van der Waals surface area contributed by atoms with Crippen LogP contribution in [0.15, 0.2) is 180 Å². The summed E-state index contributed by atoms with van der Waals surface area (Å²) in [5, 5.41) is 12.1. The van der Waals surface area contributed by atoms with Gasteiger partial charge in [-0.3, -0.25) is 0 Å². The lowest BCUT2D eigenvalue weighted by molar-refractivity contribution is 0.669. The van der Waals surface area contributed by atoms with Gasteiger partial charge in [-0.25, -0.2) is 15.0 Å². The fourth-order valence-corrected chi connectivity index (χ4v) is 7.96. The third kappa shape index (κ3) is 4.80. The highest BCUT2D eigenvalue weighted by atomic mass is 16.3. The lowest BCUT2D eigenvalue weighted by atomic mass is 9.92. The molecule has 0 bridgehead atoms. The maximum Gasteiger partial charge on any atom is 0.164 e. The number of aromatic nitrogens is 3. The Hall–Kier alpha value is -7.17. The number of nitrogens with zero attached hydrogens (tertiary/aromatic N) is 3. The number of para-hydroxylation sites is 1. The Bertz CT molecular complexity index is 3240. The second kappa shape index (κ2) is 11.7. The van der Waals surface area contributed by atoms with Gasteiger partial charge in [-0.1, -0.05) is 152 Å². The quantitative estimate of drug-likeness (QED) is 0.174. The van der Waals surface area contributed by atoms with Gasteiger partial charge in [0, 0.05) is 27.5 Å². The molecule has 0 N–H and O–H groups in total. The molecule has 4 heteroatoms. The average molecular weight is 676 g/mol. The van der Waals surface area contributed by atoms with E-state index in [0.717, 1.165) is 49.8 Å². The number of rotatable bonds is 4. The van der Waals surface area contributed by atoms with Gasteiger partial charge in [0.2, 0.25) is 0 Å². The molecular weight excluding hydrogens is 647 g/mol. The molecule has 0 spiro atoms. The zero-order chi connectivity index (χ0) is 34.9. The Morgan fingerprint density at radius 2 is 0.906 bits per heavy atom. The molecule has 11 rings (SSSR count). The van der Waals surface area contributed by atoms with Gasteiger partial charge in [0.15, 0.2) is 17.5 Å². The Balaban J connectivity index is 1.09. The second-order valence-corrected chi connectivity index (χ2v) is 13.6. The van der Waals surface area contributed by atoms with Crippen molar-refractivity contribution in [1.82, 2.24) is 15.0 Å². The normalized spacial score (nSPS) is 11.8. The first-order valence-corrected chi connectivity index (χ1v) is 17.9. The van der Waals surface area contributed by atoms with E-state index in [-0.39, 0.29) is 0 Å². The molecule has 0 amide bonds. The molecule has 2 heterocycles. The number of hydrogen-bond donors (Lipinski definition) is 0. The van der Waals surface area contributed by atoms with Gasteiger partial charge < -0.3 is 4.42 Å². The summed E-state index contributed by atoms with van der Waals surface area (Å²) in [5.41, 5.74) is 6.63. The van der Waals surface area contributed by atoms with Crippen molar-refractivity contribution in [2.75, 3.05) is 0 Å². The Morgan fingerprint density at radius 3 is 1.83 bits per heavy atom. The zero-order valence-corrected chi connectivity index (χ0v) is 28.5. The summed E-state index contributed by atoms with van der Waals surface area (Å²) in [6.07, 6.45) is 0. The standard InChI is InChI=1S/C49H29N3O/c1-2-11-33(12-3-1)47-50-48(52-49(51-47)41-17-9-19-44-46(41)40-16-6-7-18-43(40)53-44)36-14-8-13-34(28-36)35-23-21-31-20-22-32-25-26-38-37-15-5-4-10-30(37)24-27-39(38)45(32)42(31)29-35/h1-29H. The maximum absolute atomic E-state index is 6.24. The smallest absolute Gasteiger partial charge is 0.164 e. The second-order valence-electron chi connectivity index (χ2n) is 13.6. The topological polar surface area (TPSA) is 51.8 Å². The summed E-state index contributed by atoms with van der Waals surface area (Å²) >= 11 is 0. The molecule has 0 aliphatic carbocycles. The molecule has 53 heavy (non-hydrogen) atoms. The zero-order valence-electron chi connectivity index (χ0n) is 28.5. The molecule has 0 aliphatic heterocycles. The van der Waals surface area contributed by atoms with Crippen molar-refractivity contribution < 1.29 is 4.42 Å². The molecule has 2 aromatic heterocycles. The third-order valence-corrected chi connectivity index (χ3v) is 10.5.